The second-order valence-corrected chi connectivity index (χ2v) is 7.77. The molecule has 0 bridgehead atoms. The molecular formula is C15H13NO6S2. The van der Waals surface area contributed by atoms with Crippen LogP contribution in [0.2, 0.25) is 0 Å². The number of thiophene rings is 1. The van der Waals surface area contributed by atoms with Crippen LogP contribution in [0.3, 0.4) is 0 Å². The summed E-state index contributed by atoms with van der Waals surface area (Å²) in [6, 6.07) is 4.65. The van der Waals surface area contributed by atoms with Crippen molar-refractivity contribution in [3.63, 3.8) is 0 Å². The molecule has 24 heavy (non-hydrogen) atoms. The van der Waals surface area contributed by atoms with Crippen LogP contribution in [0.5, 0.6) is 11.5 Å². The molecule has 2 heterocycles. The number of hydrogen-bond donors (Lipinski definition) is 2. The number of carboxylic acids is 1. The maximum Gasteiger partial charge on any atom is 0.328 e. The quantitative estimate of drug-likeness (QED) is 0.788. The molecule has 0 amide bonds. The Morgan fingerprint density at radius 3 is 2.79 bits per heavy atom. The van der Waals surface area contributed by atoms with Crippen LogP contribution in [-0.2, 0) is 14.8 Å². The highest BCUT2D eigenvalue weighted by atomic mass is 32.2. The van der Waals surface area contributed by atoms with Gasteiger partial charge in [-0.1, -0.05) is 6.07 Å². The Bertz CT molecular complexity index is 916. The summed E-state index contributed by atoms with van der Waals surface area (Å²) >= 11 is 1.09. The number of ether oxygens (including phenoxy) is 2. The molecule has 0 saturated carbocycles. The van der Waals surface area contributed by atoms with Crippen molar-refractivity contribution in [3.8, 4) is 11.5 Å². The van der Waals surface area contributed by atoms with E-state index in [0.717, 1.165) is 17.4 Å². The number of hydrogen-bond acceptors (Lipinski definition) is 6. The van der Waals surface area contributed by atoms with Gasteiger partial charge in [-0.2, -0.15) is 0 Å². The van der Waals surface area contributed by atoms with Crippen molar-refractivity contribution in [1.82, 2.24) is 0 Å². The van der Waals surface area contributed by atoms with E-state index in [1.165, 1.54) is 18.2 Å². The summed E-state index contributed by atoms with van der Waals surface area (Å²) < 4.78 is 38.2. The van der Waals surface area contributed by atoms with Gasteiger partial charge in [-0.25, -0.2) is 13.2 Å². The summed E-state index contributed by atoms with van der Waals surface area (Å²) in [5, 5.41) is 10.4. The number of carbonyl (C=O) groups is 1. The first-order valence-corrected chi connectivity index (χ1v) is 9.15. The molecule has 1 aliphatic heterocycles. The Kier molecular flexibility index (Phi) is 4.20. The van der Waals surface area contributed by atoms with Crippen molar-refractivity contribution in [2.24, 2.45) is 0 Å². The molecule has 2 aromatic rings. The van der Waals surface area contributed by atoms with Crippen LogP contribution in [0, 0.1) is 6.92 Å². The highest BCUT2D eigenvalue weighted by Gasteiger charge is 2.26. The molecule has 0 spiro atoms. The number of nitrogens with one attached hydrogen (secondary N) is 1. The van der Waals surface area contributed by atoms with E-state index < -0.39 is 16.0 Å². The first kappa shape index (κ1) is 16.3. The first-order valence-electron chi connectivity index (χ1n) is 6.79. The summed E-state index contributed by atoms with van der Waals surface area (Å²) in [4.78, 5) is 10.7. The van der Waals surface area contributed by atoms with Gasteiger partial charge in [-0.15, -0.1) is 11.3 Å². The van der Waals surface area contributed by atoms with Gasteiger partial charge in [0, 0.05) is 11.6 Å². The van der Waals surface area contributed by atoms with E-state index in [1.807, 2.05) is 0 Å². The summed E-state index contributed by atoms with van der Waals surface area (Å²) in [7, 11) is -3.76. The molecule has 0 atom stereocenters. The van der Waals surface area contributed by atoms with Crippen LogP contribution in [0.4, 0.5) is 5.69 Å². The van der Waals surface area contributed by atoms with Gasteiger partial charge >= 0.3 is 5.97 Å². The highest BCUT2D eigenvalue weighted by Crippen LogP contribution is 2.44. The Morgan fingerprint density at radius 2 is 2.12 bits per heavy atom. The lowest BCUT2D eigenvalue weighted by Gasteiger charge is -2.12. The second-order valence-electron chi connectivity index (χ2n) is 4.91. The van der Waals surface area contributed by atoms with Gasteiger partial charge in [0.05, 0.1) is 5.69 Å². The molecule has 1 aromatic heterocycles. The summed E-state index contributed by atoms with van der Waals surface area (Å²) in [6.07, 6.45) is 2.35. The smallest absolute Gasteiger partial charge is 0.328 e. The molecule has 0 unspecified atom stereocenters. The fourth-order valence-corrected chi connectivity index (χ4v) is 4.29. The Labute approximate surface area is 142 Å². The van der Waals surface area contributed by atoms with Crippen molar-refractivity contribution < 1.29 is 27.8 Å². The first-order chi connectivity index (χ1) is 11.4. The summed E-state index contributed by atoms with van der Waals surface area (Å²) in [5.41, 5.74) is 1.39. The molecule has 0 saturated heterocycles. The van der Waals surface area contributed by atoms with Gasteiger partial charge in [0.15, 0.2) is 11.5 Å². The number of benzene rings is 1. The van der Waals surface area contributed by atoms with Gasteiger partial charge in [0.25, 0.3) is 10.0 Å². The zero-order valence-electron chi connectivity index (χ0n) is 12.5. The van der Waals surface area contributed by atoms with Gasteiger partial charge < -0.3 is 14.6 Å². The SMILES string of the molecule is Cc1c(/C=C/C(=O)O)cc(NS(=O)(=O)c2cccs2)c2c1OCO2. The van der Waals surface area contributed by atoms with Crippen LogP contribution in [0.25, 0.3) is 6.08 Å². The zero-order chi connectivity index (χ0) is 17.3. The summed E-state index contributed by atoms with van der Waals surface area (Å²) in [6.45, 7) is 1.71. The second kappa shape index (κ2) is 6.17. The van der Waals surface area contributed by atoms with Crippen molar-refractivity contribution >= 4 is 39.1 Å². The van der Waals surface area contributed by atoms with Crippen LogP contribution in [-0.4, -0.2) is 26.3 Å². The zero-order valence-corrected chi connectivity index (χ0v) is 14.1. The lowest BCUT2D eigenvalue weighted by molar-refractivity contribution is -0.131. The normalized spacial score (nSPS) is 13.4. The molecule has 9 heteroatoms. The Hall–Kier alpha value is -2.52. The fourth-order valence-electron chi connectivity index (χ4n) is 2.24. The molecule has 2 N–H and O–H groups in total. The van der Waals surface area contributed by atoms with Gasteiger partial charge in [-0.3, -0.25) is 4.72 Å². The number of sulfonamides is 1. The number of anilines is 1. The third-order valence-electron chi connectivity index (χ3n) is 3.34. The molecular weight excluding hydrogens is 354 g/mol. The molecule has 0 radical (unpaired) electrons. The number of fused-ring (bicyclic) bond motifs is 1. The van der Waals surface area contributed by atoms with E-state index >= 15 is 0 Å². The van der Waals surface area contributed by atoms with E-state index in [9.17, 15) is 13.2 Å². The van der Waals surface area contributed by atoms with Crippen molar-refractivity contribution in [3.05, 3.63) is 40.8 Å². The van der Waals surface area contributed by atoms with Gasteiger partial charge in [-0.05, 0) is 36.1 Å². The minimum Gasteiger partial charge on any atom is -0.478 e. The van der Waals surface area contributed by atoms with E-state index in [2.05, 4.69) is 4.72 Å². The average molecular weight is 367 g/mol. The molecule has 0 fully saturated rings. The monoisotopic (exact) mass is 367 g/mol. The lowest BCUT2D eigenvalue weighted by atomic mass is 10.1. The number of rotatable bonds is 5. The minimum atomic E-state index is -3.76. The molecule has 126 valence electrons. The molecule has 1 aliphatic rings. The van der Waals surface area contributed by atoms with E-state index in [1.54, 1.807) is 18.4 Å². The highest BCUT2D eigenvalue weighted by molar-refractivity contribution is 7.94. The molecule has 7 nitrogen and oxygen atoms in total. The van der Waals surface area contributed by atoms with E-state index in [0.29, 0.717) is 22.6 Å². The van der Waals surface area contributed by atoms with Crippen molar-refractivity contribution in [2.45, 2.75) is 11.1 Å². The third kappa shape index (κ3) is 3.08. The lowest BCUT2D eigenvalue weighted by Crippen LogP contribution is -2.12. The van der Waals surface area contributed by atoms with Gasteiger partial charge in [0.1, 0.15) is 4.21 Å². The Morgan fingerprint density at radius 1 is 1.38 bits per heavy atom. The van der Waals surface area contributed by atoms with Gasteiger partial charge in [0.2, 0.25) is 6.79 Å². The molecule has 1 aromatic carbocycles. The van der Waals surface area contributed by atoms with Crippen molar-refractivity contribution in [1.29, 1.82) is 0 Å². The van der Waals surface area contributed by atoms with Crippen LogP contribution in [0.1, 0.15) is 11.1 Å². The van der Waals surface area contributed by atoms with Crippen LogP contribution in [0.15, 0.2) is 33.9 Å². The van der Waals surface area contributed by atoms with E-state index in [-0.39, 0.29) is 16.7 Å². The van der Waals surface area contributed by atoms with E-state index in [4.69, 9.17) is 14.6 Å². The van der Waals surface area contributed by atoms with Crippen molar-refractivity contribution in [2.75, 3.05) is 11.5 Å². The average Bonchev–Trinajstić information content (AvgIpc) is 3.20. The fraction of sp³-hybridized carbons (Fsp3) is 0.133. The Balaban J connectivity index is 2.06. The third-order valence-corrected chi connectivity index (χ3v) is 6.10. The molecule has 0 aliphatic carbocycles. The predicted molar refractivity (Wildman–Crippen MR) is 89.1 cm³/mol. The maximum absolute atomic E-state index is 12.4. The number of carboxylic acid groups (broad SMARTS) is 1. The standard InChI is InChI=1S/C15H13NO6S2/c1-9-10(4-5-12(17)18)7-11(15-14(9)21-8-22-15)16-24(19,20)13-3-2-6-23-13/h2-7,16H,8H2,1H3,(H,17,18)/b5-4+. The largest absolute Gasteiger partial charge is 0.478 e. The topological polar surface area (TPSA) is 102 Å². The predicted octanol–water partition coefficient (Wildman–Crippen LogP) is 2.68. The number of aliphatic carboxylic acids is 1. The van der Waals surface area contributed by atoms with Crippen LogP contribution >= 0.6 is 11.3 Å². The molecule has 3 rings (SSSR count). The maximum atomic E-state index is 12.4. The minimum absolute atomic E-state index is 0.0317. The summed E-state index contributed by atoms with van der Waals surface area (Å²) in [5.74, 6) is -0.417. The van der Waals surface area contributed by atoms with Crippen LogP contribution < -0.4 is 14.2 Å².